The van der Waals surface area contributed by atoms with E-state index in [1.807, 2.05) is 42.5 Å². The van der Waals surface area contributed by atoms with Gasteiger partial charge in [0.25, 0.3) is 0 Å². The predicted octanol–water partition coefficient (Wildman–Crippen LogP) is 5.34. The van der Waals surface area contributed by atoms with Crippen LogP contribution in [0.4, 0.5) is 0 Å². The molecule has 0 bridgehead atoms. The van der Waals surface area contributed by atoms with Gasteiger partial charge >= 0.3 is 0 Å². The molecule has 31 heavy (non-hydrogen) atoms. The summed E-state index contributed by atoms with van der Waals surface area (Å²) in [6.07, 6.45) is 11.0. The van der Waals surface area contributed by atoms with Crippen LogP contribution in [0, 0.1) is 6.92 Å². The summed E-state index contributed by atoms with van der Waals surface area (Å²) >= 11 is 0. The van der Waals surface area contributed by atoms with Crippen LogP contribution in [0.5, 0.6) is 0 Å². The Bertz CT molecular complexity index is 1390. The molecule has 5 heterocycles. The minimum Gasteiger partial charge on any atom is -0.357 e. The monoisotopic (exact) mass is 404 g/mol. The van der Waals surface area contributed by atoms with E-state index in [1.165, 1.54) is 0 Å². The Balaban J connectivity index is 1.62. The third-order valence-electron chi connectivity index (χ3n) is 5.21. The number of aryl methyl sites for hydroxylation is 1. The van der Waals surface area contributed by atoms with E-state index in [2.05, 4.69) is 49.7 Å². The number of aromatic amines is 2. The molecule has 0 aliphatic rings. The standard InChI is InChI=1S/C25H20N6/c1-3-6-18(17-8-11-26-12-9-17)19-13-23(29-16(19)2)25-20-14-22(21-7-4-5-10-27-21)28-15-24(20)30-31-25/h3-15,29H,1H2,2H3,(H,30,31)/b18-6-. The Hall–Kier alpha value is -4.32. The van der Waals surface area contributed by atoms with E-state index >= 15 is 0 Å². The summed E-state index contributed by atoms with van der Waals surface area (Å²) in [6.45, 7) is 5.95. The fourth-order valence-corrected chi connectivity index (χ4v) is 3.73. The van der Waals surface area contributed by atoms with Gasteiger partial charge in [-0.15, -0.1) is 0 Å². The van der Waals surface area contributed by atoms with Crippen LogP contribution >= 0.6 is 0 Å². The maximum absolute atomic E-state index is 4.57. The molecule has 0 saturated carbocycles. The number of hydrogen-bond donors (Lipinski definition) is 2. The Morgan fingerprint density at radius 2 is 1.87 bits per heavy atom. The lowest BCUT2D eigenvalue weighted by atomic mass is 9.98. The molecule has 0 atom stereocenters. The van der Waals surface area contributed by atoms with Crippen LogP contribution in [0.2, 0.25) is 0 Å². The Morgan fingerprint density at radius 1 is 1.00 bits per heavy atom. The van der Waals surface area contributed by atoms with Crippen molar-refractivity contribution in [2.24, 2.45) is 0 Å². The van der Waals surface area contributed by atoms with Crippen molar-refractivity contribution in [3.8, 4) is 22.8 Å². The molecule has 0 aliphatic carbocycles. The van der Waals surface area contributed by atoms with Crippen molar-refractivity contribution in [2.75, 3.05) is 0 Å². The molecule has 0 spiro atoms. The fraction of sp³-hybridized carbons (Fsp3) is 0.0400. The van der Waals surface area contributed by atoms with Gasteiger partial charge in [0.05, 0.1) is 28.8 Å². The molecule has 5 aromatic rings. The number of pyridine rings is 3. The van der Waals surface area contributed by atoms with E-state index in [4.69, 9.17) is 0 Å². The molecule has 0 amide bonds. The van der Waals surface area contributed by atoms with Crippen molar-refractivity contribution in [1.82, 2.24) is 30.1 Å². The van der Waals surface area contributed by atoms with E-state index < -0.39 is 0 Å². The highest BCUT2D eigenvalue weighted by Crippen LogP contribution is 2.33. The van der Waals surface area contributed by atoms with Gasteiger partial charge in [0.1, 0.15) is 5.69 Å². The molecule has 0 unspecified atom stereocenters. The predicted molar refractivity (Wildman–Crippen MR) is 123 cm³/mol. The molecule has 0 radical (unpaired) electrons. The van der Waals surface area contributed by atoms with Gasteiger partial charge in [0, 0.05) is 35.2 Å². The van der Waals surface area contributed by atoms with E-state index in [0.29, 0.717) is 0 Å². The minimum atomic E-state index is 0.809. The summed E-state index contributed by atoms with van der Waals surface area (Å²) in [5.74, 6) is 0. The molecule has 6 heteroatoms. The average Bonchev–Trinajstić information content (AvgIpc) is 3.41. The molecule has 5 rings (SSSR count). The summed E-state index contributed by atoms with van der Waals surface area (Å²) in [4.78, 5) is 16.6. The number of nitrogens with one attached hydrogen (secondary N) is 2. The molecule has 0 aliphatic heterocycles. The van der Waals surface area contributed by atoms with Crippen molar-refractivity contribution in [3.05, 3.63) is 103 Å². The number of fused-ring (bicyclic) bond motifs is 1. The Morgan fingerprint density at radius 3 is 2.65 bits per heavy atom. The van der Waals surface area contributed by atoms with Crippen molar-refractivity contribution >= 4 is 16.5 Å². The van der Waals surface area contributed by atoms with Gasteiger partial charge in [-0.2, -0.15) is 5.10 Å². The second kappa shape index (κ2) is 7.84. The van der Waals surface area contributed by atoms with Gasteiger partial charge in [-0.1, -0.05) is 24.8 Å². The molecule has 2 N–H and O–H groups in total. The third kappa shape index (κ3) is 3.44. The lowest BCUT2D eigenvalue weighted by Crippen LogP contribution is -1.88. The SMILES string of the molecule is C=C/C=C(/c1ccncc1)c1cc(-c2n[nH]c3cnc(-c4ccccn4)cc23)[nH]c1C. The first-order valence-electron chi connectivity index (χ1n) is 9.93. The Kier molecular flexibility index (Phi) is 4.72. The molecular formula is C25H20N6. The van der Waals surface area contributed by atoms with Gasteiger partial charge in [-0.3, -0.25) is 20.1 Å². The largest absolute Gasteiger partial charge is 0.357 e. The molecule has 0 aromatic carbocycles. The highest BCUT2D eigenvalue weighted by atomic mass is 15.1. The van der Waals surface area contributed by atoms with Gasteiger partial charge < -0.3 is 4.98 Å². The summed E-state index contributed by atoms with van der Waals surface area (Å²) in [6, 6.07) is 13.9. The van der Waals surface area contributed by atoms with E-state index in [1.54, 1.807) is 30.9 Å². The van der Waals surface area contributed by atoms with E-state index in [0.717, 1.165) is 56.1 Å². The van der Waals surface area contributed by atoms with Crippen molar-refractivity contribution in [2.45, 2.75) is 6.92 Å². The lowest BCUT2D eigenvalue weighted by Gasteiger charge is -2.06. The zero-order chi connectivity index (χ0) is 21.2. The minimum absolute atomic E-state index is 0.809. The Labute approximate surface area is 179 Å². The van der Waals surface area contributed by atoms with Crippen LogP contribution in [0.25, 0.3) is 39.3 Å². The second-order valence-electron chi connectivity index (χ2n) is 7.18. The number of aromatic nitrogens is 6. The van der Waals surface area contributed by atoms with Gasteiger partial charge in [0.15, 0.2) is 0 Å². The smallest absolute Gasteiger partial charge is 0.116 e. The number of allylic oxidation sites excluding steroid dienone is 2. The molecule has 0 saturated heterocycles. The highest BCUT2D eigenvalue weighted by molar-refractivity contribution is 5.94. The van der Waals surface area contributed by atoms with Gasteiger partial charge in [0.2, 0.25) is 0 Å². The highest BCUT2D eigenvalue weighted by Gasteiger charge is 2.16. The maximum Gasteiger partial charge on any atom is 0.116 e. The van der Waals surface area contributed by atoms with Crippen LogP contribution in [0.3, 0.4) is 0 Å². The van der Waals surface area contributed by atoms with Crippen LogP contribution in [0.1, 0.15) is 16.8 Å². The first-order chi connectivity index (χ1) is 15.2. The average molecular weight is 404 g/mol. The lowest BCUT2D eigenvalue weighted by molar-refractivity contribution is 1.11. The van der Waals surface area contributed by atoms with Crippen LogP contribution in [-0.2, 0) is 0 Å². The number of H-pyrrole nitrogens is 2. The molecule has 6 nitrogen and oxygen atoms in total. The summed E-state index contributed by atoms with van der Waals surface area (Å²) in [5, 5.41) is 8.64. The summed E-state index contributed by atoms with van der Waals surface area (Å²) < 4.78 is 0. The van der Waals surface area contributed by atoms with Crippen molar-refractivity contribution in [1.29, 1.82) is 0 Å². The number of hydrogen-bond acceptors (Lipinski definition) is 4. The maximum atomic E-state index is 4.57. The zero-order valence-electron chi connectivity index (χ0n) is 17.0. The van der Waals surface area contributed by atoms with Crippen LogP contribution in [-0.4, -0.2) is 30.1 Å². The van der Waals surface area contributed by atoms with Crippen LogP contribution < -0.4 is 0 Å². The van der Waals surface area contributed by atoms with Gasteiger partial charge in [-0.25, -0.2) is 0 Å². The van der Waals surface area contributed by atoms with Crippen molar-refractivity contribution < 1.29 is 0 Å². The first kappa shape index (κ1) is 18.7. The number of nitrogens with zero attached hydrogens (tertiary/aromatic N) is 4. The quantitative estimate of drug-likeness (QED) is 0.388. The topological polar surface area (TPSA) is 83.1 Å². The van der Waals surface area contributed by atoms with E-state index in [9.17, 15) is 0 Å². The second-order valence-corrected chi connectivity index (χ2v) is 7.18. The molecule has 150 valence electrons. The number of rotatable bonds is 5. The first-order valence-corrected chi connectivity index (χ1v) is 9.93. The van der Waals surface area contributed by atoms with Crippen LogP contribution in [0.15, 0.2) is 86.0 Å². The molecule has 0 fully saturated rings. The van der Waals surface area contributed by atoms with Gasteiger partial charge in [-0.05, 0) is 54.5 Å². The van der Waals surface area contributed by atoms with E-state index in [-0.39, 0.29) is 0 Å². The summed E-state index contributed by atoms with van der Waals surface area (Å²) in [5.41, 5.74) is 8.59. The van der Waals surface area contributed by atoms with Crippen molar-refractivity contribution in [3.63, 3.8) is 0 Å². The zero-order valence-corrected chi connectivity index (χ0v) is 17.0. The fourth-order valence-electron chi connectivity index (χ4n) is 3.73. The summed E-state index contributed by atoms with van der Waals surface area (Å²) in [7, 11) is 0. The third-order valence-corrected chi connectivity index (χ3v) is 5.21. The normalized spacial score (nSPS) is 11.7. The molecule has 5 aromatic heterocycles. The molecular weight excluding hydrogens is 384 g/mol.